The Morgan fingerprint density at radius 1 is 1.00 bits per heavy atom. The number of thioether (sulfide) groups is 1. The third kappa shape index (κ3) is 12.8. The van der Waals surface area contributed by atoms with Crippen LogP contribution in [0.4, 0.5) is 0 Å². The number of nitrogens with zero attached hydrogens (tertiary/aromatic N) is 3. The molecule has 0 fully saturated rings. The van der Waals surface area contributed by atoms with Gasteiger partial charge in [0, 0.05) is 0 Å². The molecule has 94 valence electrons. The molecule has 0 aromatic carbocycles. The monoisotopic (exact) mass is 451 g/mol. The van der Waals surface area contributed by atoms with Gasteiger partial charge in [0.05, 0.1) is 0 Å². The van der Waals surface area contributed by atoms with E-state index in [9.17, 15) is 14.4 Å². The van der Waals surface area contributed by atoms with Gasteiger partial charge in [-0.15, -0.1) is 0 Å². The van der Waals surface area contributed by atoms with Crippen molar-refractivity contribution in [1.29, 1.82) is 0 Å². The molecule has 11 heteroatoms. The molecule has 0 saturated heterocycles. The Kier molecular flexibility index (Phi) is 32.5. The van der Waals surface area contributed by atoms with E-state index in [4.69, 9.17) is 0 Å². The predicted octanol–water partition coefficient (Wildman–Crippen LogP) is -7.86. The molecule has 0 radical (unpaired) electrons. The molecule has 0 atom stereocenters. The molecule has 0 aliphatic rings. The molecule has 0 bridgehead atoms. The topological polar surface area (TPSA) is 84.3 Å². The summed E-state index contributed by atoms with van der Waals surface area (Å²) in [6, 6.07) is 0. The average molecular weight is 452 g/mol. The Hall–Kier alpha value is 3.07. The van der Waals surface area contributed by atoms with Crippen molar-refractivity contribution in [3.8, 4) is 0 Å². The Morgan fingerprint density at radius 2 is 1.33 bits per heavy atom. The number of rotatable bonds is 2. The standard InChI is InChI=1S/C5H7N3O3S.2CH4S.2Rb/c1-12-2-8-4(10)6-3(9)7-5(8)11;2*1-2;;/h2H2,1H3,(H2,6,7,9,10,11);2*2H,1H3;;/q;;;2*+1/p-4. The molecule has 18 heavy (non-hydrogen) atoms. The van der Waals surface area contributed by atoms with Crippen molar-refractivity contribution in [3.05, 3.63) is 31.5 Å². The first kappa shape index (κ1) is 29.1. The predicted molar refractivity (Wildman–Crippen MR) is 70.0 cm³/mol. The summed E-state index contributed by atoms with van der Waals surface area (Å²) < 4.78 is 0.798. The van der Waals surface area contributed by atoms with Crippen molar-refractivity contribution in [2.75, 3.05) is 18.8 Å². The Bertz CT molecular complexity index is 412. The second kappa shape index (κ2) is 20.1. The molecule has 0 aliphatic carbocycles. The molecule has 1 aromatic heterocycles. The summed E-state index contributed by atoms with van der Waals surface area (Å²) >= 11 is 9.44. The van der Waals surface area contributed by atoms with Crippen molar-refractivity contribution < 1.29 is 116 Å². The van der Waals surface area contributed by atoms with Gasteiger partial charge < -0.3 is 54.2 Å². The van der Waals surface area contributed by atoms with E-state index in [1.54, 1.807) is 18.8 Å². The van der Waals surface area contributed by atoms with E-state index in [0.717, 1.165) is 4.57 Å². The van der Waals surface area contributed by atoms with Gasteiger partial charge in [-0.1, -0.05) is 0 Å². The van der Waals surface area contributed by atoms with Crippen molar-refractivity contribution in [3.63, 3.8) is 0 Å². The van der Waals surface area contributed by atoms with E-state index in [1.807, 2.05) is 0 Å². The van der Waals surface area contributed by atoms with Crippen LogP contribution in [0, 0.1) is 0 Å². The van der Waals surface area contributed by atoms with Crippen molar-refractivity contribution in [2.45, 2.75) is 5.88 Å². The third-order valence-corrected chi connectivity index (χ3v) is 1.62. The summed E-state index contributed by atoms with van der Waals surface area (Å²) in [7, 11) is 0. The first-order valence-electron chi connectivity index (χ1n) is 3.78. The van der Waals surface area contributed by atoms with Gasteiger partial charge in [-0.25, -0.2) is 0 Å². The van der Waals surface area contributed by atoms with Crippen LogP contribution in [0.15, 0.2) is 14.4 Å². The molecular weight excluding hydrogens is 441 g/mol. The van der Waals surface area contributed by atoms with E-state index >= 15 is 0 Å². The van der Waals surface area contributed by atoms with E-state index in [2.05, 4.69) is 35.2 Å². The van der Waals surface area contributed by atoms with E-state index in [-0.39, 0.29) is 122 Å². The molecular formula is C7H11N3O3Rb2S3-2. The van der Waals surface area contributed by atoms with Crippen LogP contribution in [0.3, 0.4) is 0 Å². The van der Waals surface area contributed by atoms with E-state index in [1.165, 1.54) is 11.8 Å². The van der Waals surface area contributed by atoms with Gasteiger partial charge in [0.15, 0.2) is 0 Å². The van der Waals surface area contributed by atoms with Crippen LogP contribution < -0.4 is 143 Å². The van der Waals surface area contributed by atoms with Crippen LogP contribution in [0.25, 0.3) is 0 Å². The molecule has 6 nitrogen and oxygen atoms in total. The maximum Gasteiger partial charge on any atom is 1.00 e. The average Bonchev–Trinajstić information content (AvgIpc) is 2.29. The normalized spacial score (nSPS) is 7.39. The summed E-state index contributed by atoms with van der Waals surface area (Å²) in [4.78, 5) is 38.1. The van der Waals surface area contributed by atoms with Gasteiger partial charge in [-0.3, -0.25) is 0 Å². The fourth-order valence-electron chi connectivity index (χ4n) is 0.631. The quantitative estimate of drug-likeness (QED) is 0.410. The zero-order valence-corrected chi connectivity index (χ0v) is 23.3. The molecule has 0 aliphatic heterocycles. The third-order valence-electron chi connectivity index (χ3n) is 1.10. The van der Waals surface area contributed by atoms with Crippen LogP contribution >= 0.6 is 11.8 Å². The van der Waals surface area contributed by atoms with Gasteiger partial charge >= 0.3 is 116 Å². The zero-order valence-electron chi connectivity index (χ0n) is 11.0. The van der Waals surface area contributed by atoms with Crippen LogP contribution in [0.5, 0.6) is 0 Å². The van der Waals surface area contributed by atoms with E-state index in [0.29, 0.717) is 0 Å². The van der Waals surface area contributed by atoms with Gasteiger partial charge in [0.1, 0.15) is 17.1 Å². The maximum atomic E-state index is 10.8. The van der Waals surface area contributed by atoms with Crippen LogP contribution in [-0.2, 0) is 31.1 Å². The van der Waals surface area contributed by atoms with Crippen LogP contribution in [-0.4, -0.2) is 23.3 Å². The minimum absolute atomic E-state index is 0. The minimum Gasteiger partial charge on any atom is -0.796 e. The van der Waals surface area contributed by atoms with Gasteiger partial charge in [-0.2, -0.15) is 24.3 Å². The van der Waals surface area contributed by atoms with Crippen LogP contribution in [0.1, 0.15) is 0 Å². The summed E-state index contributed by atoms with van der Waals surface area (Å²) in [6.45, 7) is 0. The Morgan fingerprint density at radius 3 is 1.61 bits per heavy atom. The summed E-state index contributed by atoms with van der Waals surface area (Å²) in [6.07, 6.45) is 4.89. The fraction of sp³-hybridized carbons (Fsp3) is 0.571. The van der Waals surface area contributed by atoms with Crippen LogP contribution in [0.2, 0.25) is 0 Å². The summed E-state index contributed by atoms with van der Waals surface area (Å²) in [5.74, 6) is 0.165. The summed E-state index contributed by atoms with van der Waals surface area (Å²) in [5.41, 5.74) is -2.70. The Labute approximate surface area is 218 Å². The SMILES string of the molecule is CSCn1c(=O)[n-]c(=O)[n-]c1=O.C[S-].C[S-].[Rb+].[Rb+]. The number of aromatic nitrogens is 3. The van der Waals surface area contributed by atoms with Crippen molar-refractivity contribution in [1.82, 2.24) is 14.5 Å². The maximum absolute atomic E-state index is 10.8. The fourth-order valence-corrected chi connectivity index (χ4v) is 1.11. The number of hydrogen-bond acceptors (Lipinski definition) is 6. The molecule has 1 aromatic rings. The Balaban J connectivity index is -0.000000149. The van der Waals surface area contributed by atoms with Crippen molar-refractivity contribution in [2.24, 2.45) is 0 Å². The minimum atomic E-state index is -1.03. The largest absolute Gasteiger partial charge is 1.00 e. The second-order valence-electron chi connectivity index (χ2n) is 1.92. The molecule has 1 heterocycles. The zero-order chi connectivity index (χ0) is 13.1. The van der Waals surface area contributed by atoms with Gasteiger partial charge in [0.25, 0.3) is 0 Å². The van der Waals surface area contributed by atoms with Gasteiger partial charge in [0.2, 0.25) is 0 Å². The van der Waals surface area contributed by atoms with Gasteiger partial charge in [-0.05, 0) is 12.1 Å². The molecule has 0 saturated carbocycles. The first-order chi connectivity index (χ1) is 7.65. The molecule has 0 spiro atoms. The first-order valence-corrected chi connectivity index (χ1v) is 6.81. The smallest absolute Gasteiger partial charge is 0.796 e. The molecule has 1 rings (SSSR count). The van der Waals surface area contributed by atoms with Crippen molar-refractivity contribution >= 4 is 37.0 Å². The van der Waals surface area contributed by atoms with E-state index < -0.39 is 17.1 Å². The molecule has 0 N–H and O–H groups in total. The molecule has 0 unspecified atom stereocenters. The molecule has 0 amide bonds. The number of hydrogen-bond donors (Lipinski definition) is 0. The summed E-state index contributed by atoms with van der Waals surface area (Å²) in [5, 5.41) is 0. The second-order valence-corrected chi connectivity index (χ2v) is 2.75.